The number of rotatable bonds is 3. The number of aromatic nitrogens is 1. The molecule has 0 fully saturated rings. The van der Waals surface area contributed by atoms with Crippen LogP contribution < -0.4 is 10.1 Å². The van der Waals surface area contributed by atoms with E-state index in [-0.39, 0.29) is 18.4 Å². The Bertz CT molecular complexity index is 926. The molecule has 2 aromatic carbocycles. The van der Waals surface area contributed by atoms with Crippen molar-refractivity contribution in [1.29, 1.82) is 0 Å². The molecule has 1 aromatic heterocycles. The molecule has 3 aromatic rings. The van der Waals surface area contributed by atoms with E-state index in [1.165, 1.54) is 11.3 Å². The molecule has 0 atom stereocenters. The van der Waals surface area contributed by atoms with Gasteiger partial charge < -0.3 is 9.88 Å². The summed E-state index contributed by atoms with van der Waals surface area (Å²) in [5.74, 6) is -0.661. The first kappa shape index (κ1) is 15.2. The Morgan fingerprint density at radius 2 is 1.78 bits per heavy atom. The first-order valence-electron chi connectivity index (χ1n) is 7.10. The topological polar surface area (TPSA) is 63.5 Å². The molecule has 0 unspecified atom stereocenters. The van der Waals surface area contributed by atoms with Gasteiger partial charge in [-0.2, -0.15) is 4.99 Å². The van der Waals surface area contributed by atoms with E-state index in [4.69, 9.17) is 0 Å². The van der Waals surface area contributed by atoms with Crippen molar-refractivity contribution in [2.45, 2.75) is 0 Å². The number of amides is 2. The van der Waals surface area contributed by atoms with Crippen LogP contribution in [0.25, 0.3) is 10.2 Å². The summed E-state index contributed by atoms with van der Waals surface area (Å²) >= 11 is 1.45. The third-order valence-electron chi connectivity index (χ3n) is 3.37. The van der Waals surface area contributed by atoms with Crippen LogP contribution >= 0.6 is 11.3 Å². The molecule has 3 rings (SSSR count). The molecule has 116 valence electrons. The van der Waals surface area contributed by atoms with Gasteiger partial charge in [-0.25, -0.2) is 0 Å². The van der Waals surface area contributed by atoms with Crippen LogP contribution in [0.1, 0.15) is 10.4 Å². The van der Waals surface area contributed by atoms with Crippen LogP contribution in [0, 0.1) is 0 Å². The fourth-order valence-corrected chi connectivity index (χ4v) is 3.22. The third kappa shape index (κ3) is 3.37. The van der Waals surface area contributed by atoms with Gasteiger partial charge in [-0.3, -0.25) is 9.59 Å². The lowest BCUT2D eigenvalue weighted by Gasteiger charge is -2.01. The van der Waals surface area contributed by atoms with Crippen LogP contribution in [0.4, 0.5) is 0 Å². The number of carbonyl (C=O) groups excluding carboxylic acids is 2. The Kier molecular flexibility index (Phi) is 4.34. The zero-order valence-electron chi connectivity index (χ0n) is 12.5. The molecule has 5 nitrogen and oxygen atoms in total. The number of nitrogens with one attached hydrogen (secondary N) is 1. The van der Waals surface area contributed by atoms with Gasteiger partial charge in [0.15, 0.2) is 4.80 Å². The molecule has 0 bridgehead atoms. The van der Waals surface area contributed by atoms with Gasteiger partial charge in [-0.1, -0.05) is 41.7 Å². The van der Waals surface area contributed by atoms with Gasteiger partial charge in [0.25, 0.3) is 11.8 Å². The van der Waals surface area contributed by atoms with Crippen molar-refractivity contribution in [1.82, 2.24) is 9.88 Å². The summed E-state index contributed by atoms with van der Waals surface area (Å²) in [4.78, 5) is 28.6. The molecule has 23 heavy (non-hydrogen) atoms. The second-order valence-electron chi connectivity index (χ2n) is 4.97. The number of carbonyl (C=O) groups is 2. The third-order valence-corrected chi connectivity index (χ3v) is 4.48. The quantitative estimate of drug-likeness (QED) is 0.801. The molecular formula is C17H15N3O2S. The van der Waals surface area contributed by atoms with Crippen LogP contribution in [0.5, 0.6) is 0 Å². The summed E-state index contributed by atoms with van der Waals surface area (Å²) in [7, 11) is 1.87. The molecular weight excluding hydrogens is 310 g/mol. The van der Waals surface area contributed by atoms with Crippen LogP contribution in [-0.4, -0.2) is 22.9 Å². The van der Waals surface area contributed by atoms with Crippen molar-refractivity contribution in [3.8, 4) is 0 Å². The molecule has 0 spiro atoms. The SMILES string of the molecule is Cn1c(=NC(=O)CNC(=O)c2ccccc2)sc2ccccc21. The maximum atomic E-state index is 12.0. The molecule has 0 radical (unpaired) electrons. The molecule has 0 saturated heterocycles. The molecule has 6 heteroatoms. The van der Waals surface area contributed by atoms with Gasteiger partial charge >= 0.3 is 0 Å². The van der Waals surface area contributed by atoms with Crippen LogP contribution in [0.15, 0.2) is 59.6 Å². The monoisotopic (exact) mass is 325 g/mol. The number of thiazole rings is 1. The van der Waals surface area contributed by atoms with Gasteiger partial charge in [-0.15, -0.1) is 0 Å². The number of benzene rings is 2. The molecule has 2 amide bonds. The molecule has 0 saturated carbocycles. The summed E-state index contributed by atoms with van der Waals surface area (Å²) in [5, 5.41) is 2.59. The summed E-state index contributed by atoms with van der Waals surface area (Å²) in [6.07, 6.45) is 0. The molecule has 0 aliphatic carbocycles. The zero-order chi connectivity index (χ0) is 16.2. The maximum Gasteiger partial charge on any atom is 0.267 e. The summed E-state index contributed by atoms with van der Waals surface area (Å²) in [6.45, 7) is -0.123. The Labute approximate surface area is 136 Å². The molecule has 0 aliphatic rings. The second kappa shape index (κ2) is 6.58. The number of nitrogens with zero attached hydrogens (tertiary/aromatic N) is 2. The van der Waals surface area contributed by atoms with E-state index in [1.54, 1.807) is 24.3 Å². The number of hydrogen-bond donors (Lipinski definition) is 1. The molecule has 1 heterocycles. The summed E-state index contributed by atoms with van der Waals surface area (Å²) in [5.41, 5.74) is 1.55. The lowest BCUT2D eigenvalue weighted by molar-refractivity contribution is -0.117. The van der Waals surface area contributed by atoms with E-state index in [0.717, 1.165) is 10.2 Å². The van der Waals surface area contributed by atoms with E-state index in [2.05, 4.69) is 10.3 Å². The number of hydrogen-bond acceptors (Lipinski definition) is 3. The van der Waals surface area contributed by atoms with Crippen molar-refractivity contribution >= 4 is 33.4 Å². The van der Waals surface area contributed by atoms with E-state index in [0.29, 0.717) is 10.4 Å². The molecule has 1 N–H and O–H groups in total. The minimum atomic E-state index is -0.378. The van der Waals surface area contributed by atoms with Gasteiger partial charge in [0.2, 0.25) is 0 Å². The maximum absolute atomic E-state index is 12.0. The lowest BCUT2D eigenvalue weighted by atomic mass is 10.2. The number of aryl methyl sites for hydroxylation is 1. The minimum Gasteiger partial charge on any atom is -0.343 e. The van der Waals surface area contributed by atoms with Gasteiger partial charge in [0.1, 0.15) is 0 Å². The predicted molar refractivity (Wildman–Crippen MR) is 90.1 cm³/mol. The van der Waals surface area contributed by atoms with Crippen LogP contribution in [-0.2, 0) is 11.8 Å². The van der Waals surface area contributed by atoms with E-state index in [9.17, 15) is 9.59 Å². The summed E-state index contributed by atoms with van der Waals surface area (Å²) < 4.78 is 2.94. The van der Waals surface area contributed by atoms with Gasteiger partial charge in [-0.05, 0) is 24.3 Å². The Morgan fingerprint density at radius 3 is 2.52 bits per heavy atom. The van der Waals surface area contributed by atoms with Crippen molar-refractivity contribution in [3.63, 3.8) is 0 Å². The summed E-state index contributed by atoms with van der Waals surface area (Å²) in [6, 6.07) is 16.6. The first-order chi connectivity index (χ1) is 11.1. The molecule has 0 aliphatic heterocycles. The smallest absolute Gasteiger partial charge is 0.267 e. The van der Waals surface area contributed by atoms with Gasteiger partial charge in [0.05, 0.1) is 16.8 Å². The van der Waals surface area contributed by atoms with Gasteiger partial charge in [0, 0.05) is 12.6 Å². The van der Waals surface area contributed by atoms with Crippen molar-refractivity contribution in [3.05, 3.63) is 65.0 Å². The van der Waals surface area contributed by atoms with Crippen LogP contribution in [0.2, 0.25) is 0 Å². The van der Waals surface area contributed by atoms with Crippen molar-refractivity contribution in [2.24, 2.45) is 12.0 Å². The highest BCUT2D eigenvalue weighted by molar-refractivity contribution is 7.16. The number of para-hydroxylation sites is 1. The first-order valence-corrected chi connectivity index (χ1v) is 7.92. The van der Waals surface area contributed by atoms with Crippen molar-refractivity contribution in [2.75, 3.05) is 6.54 Å². The number of fused-ring (bicyclic) bond motifs is 1. The van der Waals surface area contributed by atoms with E-state index in [1.807, 2.05) is 41.9 Å². The average Bonchev–Trinajstić information content (AvgIpc) is 2.90. The van der Waals surface area contributed by atoms with E-state index >= 15 is 0 Å². The highest BCUT2D eigenvalue weighted by atomic mass is 32.1. The Hall–Kier alpha value is -2.73. The Morgan fingerprint density at radius 1 is 1.09 bits per heavy atom. The minimum absolute atomic E-state index is 0.123. The normalized spacial score (nSPS) is 11.6. The van der Waals surface area contributed by atoms with Crippen molar-refractivity contribution < 1.29 is 9.59 Å². The zero-order valence-corrected chi connectivity index (χ0v) is 13.3. The fraction of sp³-hybridized carbons (Fsp3) is 0.118. The van der Waals surface area contributed by atoms with E-state index < -0.39 is 0 Å². The average molecular weight is 325 g/mol. The largest absolute Gasteiger partial charge is 0.343 e. The standard InChI is InChI=1S/C17H15N3O2S/c1-20-13-9-5-6-10-14(13)23-17(20)19-15(21)11-18-16(22)12-7-3-2-4-8-12/h2-10H,11H2,1H3,(H,18,22). The highest BCUT2D eigenvalue weighted by Gasteiger charge is 2.08. The Balaban J connectivity index is 1.73. The second-order valence-corrected chi connectivity index (χ2v) is 5.97. The van der Waals surface area contributed by atoms with Crippen LogP contribution in [0.3, 0.4) is 0 Å². The lowest BCUT2D eigenvalue weighted by Crippen LogP contribution is -2.29. The highest BCUT2D eigenvalue weighted by Crippen LogP contribution is 2.15. The fourth-order valence-electron chi connectivity index (χ4n) is 2.18. The predicted octanol–water partition coefficient (Wildman–Crippen LogP) is 2.10.